The van der Waals surface area contributed by atoms with Crippen molar-refractivity contribution in [2.45, 2.75) is 25.5 Å². The molecule has 3 heteroatoms. The number of rotatable bonds is 3. The second kappa shape index (κ2) is 3.68. The van der Waals surface area contributed by atoms with Crippen LogP contribution in [-0.4, -0.2) is 6.10 Å². The Labute approximate surface area is 86.2 Å². The van der Waals surface area contributed by atoms with Crippen molar-refractivity contribution >= 4 is 15.9 Å². The van der Waals surface area contributed by atoms with Crippen LogP contribution in [0, 0.1) is 0 Å². The van der Waals surface area contributed by atoms with Crippen molar-refractivity contribution in [2.75, 3.05) is 0 Å². The van der Waals surface area contributed by atoms with Crippen LogP contribution in [0.3, 0.4) is 0 Å². The summed E-state index contributed by atoms with van der Waals surface area (Å²) in [5.74, 6) is 0.936. The van der Waals surface area contributed by atoms with Crippen LogP contribution in [0.1, 0.15) is 18.4 Å². The Kier molecular flexibility index (Phi) is 2.56. The zero-order valence-corrected chi connectivity index (χ0v) is 8.88. The van der Waals surface area contributed by atoms with Crippen molar-refractivity contribution in [1.29, 1.82) is 0 Å². The third kappa shape index (κ3) is 2.23. The Morgan fingerprint density at radius 3 is 2.85 bits per heavy atom. The van der Waals surface area contributed by atoms with Crippen LogP contribution in [0.25, 0.3) is 0 Å². The molecule has 13 heavy (non-hydrogen) atoms. The molecule has 0 aliphatic heterocycles. The molecule has 0 heterocycles. The summed E-state index contributed by atoms with van der Waals surface area (Å²) in [5, 5.41) is 0. The summed E-state index contributed by atoms with van der Waals surface area (Å²) in [5.41, 5.74) is 6.68. The summed E-state index contributed by atoms with van der Waals surface area (Å²) in [6.45, 7) is 0.544. The van der Waals surface area contributed by atoms with E-state index in [0.29, 0.717) is 12.6 Å². The average Bonchev–Trinajstić information content (AvgIpc) is 2.92. The zero-order chi connectivity index (χ0) is 9.26. The first-order valence-corrected chi connectivity index (χ1v) is 5.24. The van der Waals surface area contributed by atoms with E-state index in [9.17, 15) is 0 Å². The van der Waals surface area contributed by atoms with Gasteiger partial charge in [-0.15, -0.1) is 0 Å². The fourth-order valence-corrected chi connectivity index (χ4v) is 1.57. The highest BCUT2D eigenvalue weighted by Crippen LogP contribution is 2.29. The van der Waals surface area contributed by atoms with E-state index in [1.54, 1.807) is 0 Å². The minimum Gasteiger partial charge on any atom is -0.490 e. The average molecular weight is 242 g/mol. The molecule has 1 aliphatic carbocycles. The van der Waals surface area contributed by atoms with Gasteiger partial charge in [-0.05, 0) is 36.6 Å². The maximum Gasteiger partial charge on any atom is 0.120 e. The Balaban J connectivity index is 2.16. The number of hydrogen-bond donors (Lipinski definition) is 1. The van der Waals surface area contributed by atoms with Crippen molar-refractivity contribution in [2.24, 2.45) is 5.73 Å². The van der Waals surface area contributed by atoms with E-state index in [4.69, 9.17) is 10.5 Å². The van der Waals surface area contributed by atoms with Crippen LogP contribution >= 0.6 is 15.9 Å². The number of hydrogen-bond acceptors (Lipinski definition) is 2. The molecule has 0 aromatic heterocycles. The van der Waals surface area contributed by atoms with Gasteiger partial charge in [0.1, 0.15) is 5.75 Å². The predicted octanol–water partition coefficient (Wildman–Crippen LogP) is 2.45. The molecule has 2 N–H and O–H groups in total. The summed E-state index contributed by atoms with van der Waals surface area (Å²) in [4.78, 5) is 0. The SMILES string of the molecule is NCc1cc(OC2CC2)ccc1Br. The molecule has 2 rings (SSSR count). The van der Waals surface area contributed by atoms with Gasteiger partial charge in [0.25, 0.3) is 0 Å². The predicted molar refractivity (Wildman–Crippen MR) is 55.7 cm³/mol. The van der Waals surface area contributed by atoms with E-state index >= 15 is 0 Å². The van der Waals surface area contributed by atoms with E-state index in [1.807, 2.05) is 18.2 Å². The van der Waals surface area contributed by atoms with Gasteiger partial charge in [0, 0.05) is 11.0 Å². The second-order valence-electron chi connectivity index (χ2n) is 3.27. The highest BCUT2D eigenvalue weighted by Gasteiger charge is 2.23. The molecule has 2 nitrogen and oxygen atoms in total. The van der Waals surface area contributed by atoms with E-state index in [1.165, 1.54) is 12.8 Å². The van der Waals surface area contributed by atoms with Crippen LogP contribution in [-0.2, 0) is 6.54 Å². The first-order chi connectivity index (χ1) is 6.29. The van der Waals surface area contributed by atoms with Crippen molar-refractivity contribution < 1.29 is 4.74 Å². The molecule has 0 spiro atoms. The van der Waals surface area contributed by atoms with E-state index in [2.05, 4.69) is 15.9 Å². The lowest BCUT2D eigenvalue weighted by Crippen LogP contribution is -2.00. The van der Waals surface area contributed by atoms with Gasteiger partial charge in [-0.2, -0.15) is 0 Å². The van der Waals surface area contributed by atoms with Gasteiger partial charge < -0.3 is 10.5 Å². The van der Waals surface area contributed by atoms with Gasteiger partial charge in [0.15, 0.2) is 0 Å². The van der Waals surface area contributed by atoms with Crippen LogP contribution in [0.5, 0.6) is 5.75 Å². The highest BCUT2D eigenvalue weighted by molar-refractivity contribution is 9.10. The van der Waals surface area contributed by atoms with Crippen LogP contribution in [0.15, 0.2) is 22.7 Å². The topological polar surface area (TPSA) is 35.2 Å². The van der Waals surface area contributed by atoms with Gasteiger partial charge in [0.2, 0.25) is 0 Å². The highest BCUT2D eigenvalue weighted by atomic mass is 79.9. The summed E-state index contributed by atoms with van der Waals surface area (Å²) in [6.07, 6.45) is 2.83. The standard InChI is InChI=1S/C10H12BrNO/c11-10-4-3-9(5-7(10)6-12)13-8-1-2-8/h3-5,8H,1-2,6,12H2. The largest absolute Gasteiger partial charge is 0.490 e. The first-order valence-electron chi connectivity index (χ1n) is 4.45. The molecule has 1 aliphatic rings. The van der Waals surface area contributed by atoms with Gasteiger partial charge in [-0.3, -0.25) is 0 Å². The molecule has 1 saturated carbocycles. The maximum atomic E-state index is 5.65. The molecule has 0 radical (unpaired) electrons. The van der Waals surface area contributed by atoms with Crippen LogP contribution < -0.4 is 10.5 Å². The lowest BCUT2D eigenvalue weighted by atomic mass is 10.2. The van der Waals surface area contributed by atoms with Crippen molar-refractivity contribution in [3.63, 3.8) is 0 Å². The van der Waals surface area contributed by atoms with Crippen molar-refractivity contribution in [1.82, 2.24) is 0 Å². The Morgan fingerprint density at radius 1 is 1.46 bits per heavy atom. The minimum atomic E-state index is 0.451. The third-order valence-electron chi connectivity index (χ3n) is 2.06. The molecule has 0 amide bonds. The van der Waals surface area contributed by atoms with Crippen LogP contribution in [0.2, 0.25) is 0 Å². The van der Waals surface area contributed by atoms with Crippen molar-refractivity contribution in [3.8, 4) is 5.75 Å². The zero-order valence-electron chi connectivity index (χ0n) is 7.29. The summed E-state index contributed by atoms with van der Waals surface area (Å²) < 4.78 is 6.70. The van der Waals surface area contributed by atoms with E-state index < -0.39 is 0 Å². The lowest BCUT2D eigenvalue weighted by Gasteiger charge is -2.07. The first kappa shape index (κ1) is 9.03. The fourth-order valence-electron chi connectivity index (χ4n) is 1.16. The quantitative estimate of drug-likeness (QED) is 0.883. The monoisotopic (exact) mass is 241 g/mol. The third-order valence-corrected chi connectivity index (χ3v) is 2.84. The Morgan fingerprint density at radius 2 is 2.23 bits per heavy atom. The summed E-state index contributed by atoms with van der Waals surface area (Å²) >= 11 is 3.44. The van der Waals surface area contributed by atoms with Crippen LogP contribution in [0.4, 0.5) is 0 Å². The number of benzene rings is 1. The maximum absolute atomic E-state index is 5.65. The summed E-state index contributed by atoms with van der Waals surface area (Å²) in [6, 6.07) is 5.96. The molecule has 70 valence electrons. The summed E-state index contributed by atoms with van der Waals surface area (Å²) in [7, 11) is 0. The normalized spacial score (nSPS) is 15.8. The minimum absolute atomic E-state index is 0.451. The van der Waals surface area contributed by atoms with Gasteiger partial charge in [-0.25, -0.2) is 0 Å². The Bertz CT molecular complexity index is 310. The second-order valence-corrected chi connectivity index (χ2v) is 4.13. The fraction of sp³-hybridized carbons (Fsp3) is 0.400. The molecule has 1 fully saturated rings. The van der Waals surface area contributed by atoms with Gasteiger partial charge in [-0.1, -0.05) is 15.9 Å². The number of ether oxygens (including phenoxy) is 1. The number of halogens is 1. The molecular weight excluding hydrogens is 230 g/mol. The van der Waals surface area contributed by atoms with Crippen molar-refractivity contribution in [3.05, 3.63) is 28.2 Å². The molecule has 0 bridgehead atoms. The molecule has 0 atom stereocenters. The van der Waals surface area contributed by atoms with E-state index in [-0.39, 0.29) is 0 Å². The molecular formula is C10H12BrNO. The lowest BCUT2D eigenvalue weighted by molar-refractivity contribution is 0.303. The van der Waals surface area contributed by atoms with Gasteiger partial charge >= 0.3 is 0 Å². The Hall–Kier alpha value is -0.540. The molecule has 0 saturated heterocycles. The van der Waals surface area contributed by atoms with Gasteiger partial charge in [0.05, 0.1) is 6.10 Å². The molecule has 1 aromatic carbocycles. The molecule has 1 aromatic rings. The number of nitrogens with two attached hydrogens (primary N) is 1. The smallest absolute Gasteiger partial charge is 0.120 e. The van der Waals surface area contributed by atoms with E-state index in [0.717, 1.165) is 15.8 Å². The molecule has 0 unspecified atom stereocenters.